The third kappa shape index (κ3) is 4.12. The highest BCUT2D eigenvalue weighted by Crippen LogP contribution is 2.27. The van der Waals surface area contributed by atoms with Crippen LogP contribution < -0.4 is 5.73 Å². The van der Waals surface area contributed by atoms with E-state index in [1.165, 1.54) is 25.8 Å². The molecule has 0 aliphatic heterocycles. The van der Waals surface area contributed by atoms with Crippen molar-refractivity contribution in [3.05, 3.63) is 0 Å². The standard InChI is InChI=1S/C13H28N2/c1-5-15(9-11-7-6-8-11)10-12(14)13(2,3)4/h11-12H,5-10,14H2,1-4H3. The summed E-state index contributed by atoms with van der Waals surface area (Å²) in [4.78, 5) is 2.53. The molecule has 0 aromatic heterocycles. The lowest BCUT2D eigenvalue weighted by atomic mass is 9.84. The molecule has 0 amide bonds. The van der Waals surface area contributed by atoms with Crippen molar-refractivity contribution in [3.8, 4) is 0 Å². The van der Waals surface area contributed by atoms with Crippen LogP contribution in [0.2, 0.25) is 0 Å². The van der Waals surface area contributed by atoms with Crippen LogP contribution in [-0.4, -0.2) is 30.6 Å². The second kappa shape index (κ2) is 5.31. The number of hydrogen-bond donors (Lipinski definition) is 1. The Balaban J connectivity index is 2.31. The second-order valence-electron chi connectivity index (χ2n) is 6.12. The van der Waals surface area contributed by atoms with Crippen molar-refractivity contribution < 1.29 is 0 Å². The Morgan fingerprint density at radius 1 is 1.33 bits per heavy atom. The van der Waals surface area contributed by atoms with Gasteiger partial charge in [-0.2, -0.15) is 0 Å². The normalized spacial score (nSPS) is 20.4. The number of hydrogen-bond acceptors (Lipinski definition) is 2. The monoisotopic (exact) mass is 212 g/mol. The number of rotatable bonds is 5. The highest BCUT2D eigenvalue weighted by Gasteiger charge is 2.25. The summed E-state index contributed by atoms with van der Waals surface area (Å²) >= 11 is 0. The van der Waals surface area contributed by atoms with E-state index in [1.54, 1.807) is 0 Å². The van der Waals surface area contributed by atoms with Gasteiger partial charge in [0.25, 0.3) is 0 Å². The van der Waals surface area contributed by atoms with Crippen molar-refractivity contribution in [1.82, 2.24) is 4.90 Å². The molecule has 1 fully saturated rings. The largest absolute Gasteiger partial charge is 0.326 e. The van der Waals surface area contributed by atoms with Crippen LogP contribution in [0.4, 0.5) is 0 Å². The molecule has 2 N–H and O–H groups in total. The van der Waals surface area contributed by atoms with E-state index in [9.17, 15) is 0 Å². The van der Waals surface area contributed by atoms with E-state index in [2.05, 4.69) is 32.6 Å². The van der Waals surface area contributed by atoms with Gasteiger partial charge in [-0.3, -0.25) is 0 Å². The second-order valence-corrected chi connectivity index (χ2v) is 6.12. The Labute approximate surface area is 95.2 Å². The summed E-state index contributed by atoms with van der Waals surface area (Å²) in [5, 5.41) is 0. The van der Waals surface area contributed by atoms with Crippen LogP contribution in [-0.2, 0) is 0 Å². The van der Waals surface area contributed by atoms with Crippen LogP contribution in [0.25, 0.3) is 0 Å². The van der Waals surface area contributed by atoms with Gasteiger partial charge >= 0.3 is 0 Å². The van der Waals surface area contributed by atoms with Crippen LogP contribution in [0.5, 0.6) is 0 Å². The van der Waals surface area contributed by atoms with Crippen molar-refractivity contribution >= 4 is 0 Å². The van der Waals surface area contributed by atoms with E-state index in [-0.39, 0.29) is 11.5 Å². The van der Waals surface area contributed by atoms with Crippen LogP contribution >= 0.6 is 0 Å². The lowest BCUT2D eigenvalue weighted by molar-refractivity contribution is 0.151. The van der Waals surface area contributed by atoms with Crippen LogP contribution in [0.3, 0.4) is 0 Å². The minimum Gasteiger partial charge on any atom is -0.326 e. The first kappa shape index (κ1) is 13.0. The molecule has 0 saturated heterocycles. The number of nitrogens with two attached hydrogens (primary N) is 1. The summed E-state index contributed by atoms with van der Waals surface area (Å²) in [5.41, 5.74) is 6.45. The van der Waals surface area contributed by atoms with Gasteiger partial charge in [-0.25, -0.2) is 0 Å². The molecular weight excluding hydrogens is 184 g/mol. The Morgan fingerprint density at radius 3 is 2.27 bits per heavy atom. The molecule has 0 bridgehead atoms. The molecule has 1 rings (SSSR count). The summed E-state index contributed by atoms with van der Waals surface area (Å²) in [6, 6.07) is 0.289. The maximum atomic E-state index is 6.22. The molecule has 0 spiro atoms. The number of likely N-dealkylation sites (N-methyl/N-ethyl adjacent to an activating group) is 1. The first-order chi connectivity index (χ1) is 6.93. The molecule has 1 atom stereocenters. The molecule has 15 heavy (non-hydrogen) atoms. The van der Waals surface area contributed by atoms with Gasteiger partial charge in [-0.1, -0.05) is 34.1 Å². The van der Waals surface area contributed by atoms with E-state index < -0.39 is 0 Å². The Bertz CT molecular complexity index is 179. The summed E-state index contributed by atoms with van der Waals surface area (Å²) in [5.74, 6) is 0.956. The molecule has 0 heterocycles. The molecule has 0 aromatic carbocycles. The van der Waals surface area contributed by atoms with Gasteiger partial charge in [-0.15, -0.1) is 0 Å². The van der Waals surface area contributed by atoms with Crippen molar-refractivity contribution in [1.29, 1.82) is 0 Å². The van der Waals surface area contributed by atoms with Gasteiger partial charge in [0.1, 0.15) is 0 Å². The van der Waals surface area contributed by atoms with Gasteiger partial charge in [0, 0.05) is 19.1 Å². The van der Waals surface area contributed by atoms with Crippen molar-refractivity contribution in [3.63, 3.8) is 0 Å². The summed E-state index contributed by atoms with van der Waals surface area (Å²) < 4.78 is 0. The minimum atomic E-state index is 0.229. The van der Waals surface area contributed by atoms with Crippen molar-refractivity contribution in [2.75, 3.05) is 19.6 Å². The fourth-order valence-corrected chi connectivity index (χ4v) is 1.93. The Morgan fingerprint density at radius 2 is 1.93 bits per heavy atom. The van der Waals surface area contributed by atoms with Gasteiger partial charge in [0.15, 0.2) is 0 Å². The van der Waals surface area contributed by atoms with E-state index in [0.29, 0.717) is 0 Å². The fourth-order valence-electron chi connectivity index (χ4n) is 1.93. The van der Waals surface area contributed by atoms with Gasteiger partial charge in [0.2, 0.25) is 0 Å². The van der Waals surface area contributed by atoms with E-state index in [0.717, 1.165) is 19.0 Å². The third-order valence-corrected chi connectivity index (χ3v) is 3.76. The third-order valence-electron chi connectivity index (χ3n) is 3.76. The lowest BCUT2D eigenvalue weighted by Crippen LogP contribution is -2.47. The fraction of sp³-hybridized carbons (Fsp3) is 1.00. The van der Waals surface area contributed by atoms with E-state index >= 15 is 0 Å². The molecule has 2 heteroatoms. The zero-order valence-electron chi connectivity index (χ0n) is 10.9. The van der Waals surface area contributed by atoms with Crippen LogP contribution in [0.1, 0.15) is 47.0 Å². The topological polar surface area (TPSA) is 29.3 Å². The molecule has 0 radical (unpaired) electrons. The zero-order valence-corrected chi connectivity index (χ0v) is 10.9. The molecule has 1 saturated carbocycles. The van der Waals surface area contributed by atoms with Gasteiger partial charge in [0.05, 0.1) is 0 Å². The summed E-state index contributed by atoms with van der Waals surface area (Å²) in [7, 11) is 0. The Kier molecular flexibility index (Phi) is 4.60. The molecule has 90 valence electrons. The average molecular weight is 212 g/mol. The van der Waals surface area contributed by atoms with Crippen molar-refractivity contribution in [2.24, 2.45) is 17.1 Å². The first-order valence-electron chi connectivity index (χ1n) is 6.41. The first-order valence-corrected chi connectivity index (χ1v) is 6.41. The molecule has 1 aliphatic carbocycles. The molecule has 1 aliphatic rings. The summed E-state index contributed by atoms with van der Waals surface area (Å²) in [6.07, 6.45) is 4.30. The maximum Gasteiger partial charge on any atom is 0.0217 e. The van der Waals surface area contributed by atoms with Crippen LogP contribution in [0, 0.1) is 11.3 Å². The highest BCUT2D eigenvalue weighted by atomic mass is 15.1. The molecule has 1 unspecified atom stereocenters. The van der Waals surface area contributed by atoms with Gasteiger partial charge < -0.3 is 10.6 Å². The molecular formula is C13H28N2. The van der Waals surface area contributed by atoms with Gasteiger partial charge in [-0.05, 0) is 30.7 Å². The zero-order chi connectivity index (χ0) is 11.5. The summed E-state index contributed by atoms with van der Waals surface area (Å²) in [6.45, 7) is 12.4. The predicted octanol–water partition coefficient (Wildman–Crippen LogP) is 2.48. The average Bonchev–Trinajstić information content (AvgIpc) is 2.06. The minimum absolute atomic E-state index is 0.229. The SMILES string of the molecule is CCN(CC1CCC1)CC(N)C(C)(C)C. The van der Waals surface area contributed by atoms with E-state index in [4.69, 9.17) is 5.73 Å². The van der Waals surface area contributed by atoms with E-state index in [1.807, 2.05) is 0 Å². The lowest BCUT2D eigenvalue weighted by Gasteiger charge is -2.36. The maximum absolute atomic E-state index is 6.22. The molecule has 2 nitrogen and oxygen atoms in total. The highest BCUT2D eigenvalue weighted by molar-refractivity contribution is 4.82. The Hall–Kier alpha value is -0.0800. The van der Waals surface area contributed by atoms with Crippen LogP contribution in [0.15, 0.2) is 0 Å². The quantitative estimate of drug-likeness (QED) is 0.758. The predicted molar refractivity (Wildman–Crippen MR) is 66.9 cm³/mol. The van der Waals surface area contributed by atoms with Crippen molar-refractivity contribution in [2.45, 2.75) is 53.0 Å². The smallest absolute Gasteiger partial charge is 0.0217 e. The molecule has 0 aromatic rings. The number of nitrogens with zero attached hydrogens (tertiary/aromatic N) is 1.